The van der Waals surface area contributed by atoms with Crippen molar-refractivity contribution in [3.63, 3.8) is 0 Å². The molecule has 7 nitrogen and oxygen atoms in total. The van der Waals surface area contributed by atoms with Gasteiger partial charge in [0.05, 0.1) is 17.8 Å². The molecule has 0 amide bonds. The van der Waals surface area contributed by atoms with Gasteiger partial charge in [-0.15, -0.1) is 0 Å². The first-order chi connectivity index (χ1) is 9.00. The zero-order valence-corrected chi connectivity index (χ0v) is 10.4. The Morgan fingerprint density at radius 1 is 1.42 bits per heavy atom. The van der Waals surface area contributed by atoms with E-state index in [0.29, 0.717) is 5.56 Å². The van der Waals surface area contributed by atoms with E-state index in [1.165, 1.54) is 17.0 Å². The number of benzene rings is 1. The molecule has 1 heterocycles. The Morgan fingerprint density at radius 2 is 2.11 bits per heavy atom. The van der Waals surface area contributed by atoms with Crippen LogP contribution in [0.3, 0.4) is 0 Å². The van der Waals surface area contributed by atoms with Crippen molar-refractivity contribution in [2.24, 2.45) is 0 Å². The molecule has 2 aromatic rings. The summed E-state index contributed by atoms with van der Waals surface area (Å²) < 4.78 is 1.17. The first-order valence-electron chi connectivity index (χ1n) is 5.23. The second kappa shape index (κ2) is 5.07. The molecule has 0 radical (unpaired) electrons. The average Bonchev–Trinajstić information content (AvgIpc) is 2.40. The number of rotatable bonds is 3. The Bertz CT molecular complexity index is 699. The molecule has 0 saturated heterocycles. The van der Waals surface area contributed by atoms with E-state index in [0.717, 1.165) is 0 Å². The van der Waals surface area contributed by atoms with Crippen molar-refractivity contribution in [2.45, 2.75) is 6.54 Å². The number of nitro groups is 1. The highest BCUT2D eigenvalue weighted by Gasteiger charge is 2.14. The quantitative estimate of drug-likeness (QED) is 0.520. The van der Waals surface area contributed by atoms with Gasteiger partial charge >= 0.3 is 0 Å². The molecule has 0 aliphatic rings. The monoisotopic (exact) mass is 280 g/mol. The number of nitrogens with zero attached hydrogens (tertiary/aromatic N) is 3. The molecule has 1 aromatic heterocycles. The van der Waals surface area contributed by atoms with Gasteiger partial charge in [-0.1, -0.05) is 29.8 Å². The number of halogens is 1. The Hall–Kier alpha value is -2.41. The molecular formula is C11H9ClN4O3. The molecule has 2 rings (SSSR count). The van der Waals surface area contributed by atoms with Gasteiger partial charge in [-0.05, 0) is 0 Å². The van der Waals surface area contributed by atoms with E-state index >= 15 is 0 Å². The lowest BCUT2D eigenvalue weighted by Crippen LogP contribution is -2.24. The number of hydrogen-bond acceptors (Lipinski definition) is 5. The molecule has 0 aliphatic carbocycles. The minimum Gasteiger partial charge on any atom is -0.392 e. The van der Waals surface area contributed by atoms with E-state index in [1.54, 1.807) is 18.2 Å². The van der Waals surface area contributed by atoms with Gasteiger partial charge in [0.1, 0.15) is 5.69 Å². The number of para-hydroxylation sites is 1. The fraction of sp³-hybridized carbons (Fsp3) is 0.0909. The predicted molar refractivity (Wildman–Crippen MR) is 70.1 cm³/mol. The van der Waals surface area contributed by atoms with Crippen LogP contribution in [0.1, 0.15) is 5.56 Å². The summed E-state index contributed by atoms with van der Waals surface area (Å²) in [4.78, 5) is 25.9. The van der Waals surface area contributed by atoms with Crippen LogP contribution in [-0.2, 0) is 6.54 Å². The molecule has 0 atom stereocenters. The molecule has 19 heavy (non-hydrogen) atoms. The normalized spacial score (nSPS) is 10.4. The lowest BCUT2D eigenvalue weighted by atomic mass is 10.2. The Morgan fingerprint density at radius 3 is 2.79 bits per heavy atom. The lowest BCUT2D eigenvalue weighted by Gasteiger charge is -2.07. The third-order valence-corrected chi connectivity index (χ3v) is 2.85. The van der Waals surface area contributed by atoms with Gasteiger partial charge in [-0.3, -0.25) is 19.5 Å². The van der Waals surface area contributed by atoms with Crippen LogP contribution in [0, 0.1) is 10.1 Å². The van der Waals surface area contributed by atoms with Crippen molar-refractivity contribution >= 4 is 23.0 Å². The first kappa shape index (κ1) is 13.0. The third-order valence-electron chi connectivity index (χ3n) is 2.55. The summed E-state index contributed by atoms with van der Waals surface area (Å²) in [7, 11) is 0. The Balaban J connectivity index is 2.46. The number of nitrogen functional groups attached to an aromatic ring is 1. The van der Waals surface area contributed by atoms with Gasteiger partial charge in [-0.2, -0.15) is 0 Å². The van der Waals surface area contributed by atoms with Crippen LogP contribution < -0.4 is 11.3 Å². The maximum Gasteiger partial charge on any atom is 0.278 e. The maximum atomic E-state index is 11.8. The van der Waals surface area contributed by atoms with Gasteiger partial charge in [0, 0.05) is 11.6 Å². The zero-order valence-electron chi connectivity index (χ0n) is 9.62. The van der Waals surface area contributed by atoms with Crippen LogP contribution in [-0.4, -0.2) is 14.5 Å². The molecule has 2 N–H and O–H groups in total. The van der Waals surface area contributed by atoms with E-state index in [9.17, 15) is 14.9 Å². The summed E-state index contributed by atoms with van der Waals surface area (Å²) in [5.41, 5.74) is 5.09. The van der Waals surface area contributed by atoms with Crippen molar-refractivity contribution < 1.29 is 4.92 Å². The first-order valence-corrected chi connectivity index (χ1v) is 5.61. The molecule has 1 aromatic carbocycles. The summed E-state index contributed by atoms with van der Waals surface area (Å²) in [5, 5.41) is 10.8. The number of hydrogen-bond donors (Lipinski definition) is 1. The lowest BCUT2D eigenvalue weighted by molar-refractivity contribution is -0.385. The Labute approximate surface area is 112 Å². The van der Waals surface area contributed by atoms with E-state index in [2.05, 4.69) is 4.98 Å². The molecule has 0 unspecified atom stereocenters. The largest absolute Gasteiger partial charge is 0.392 e. The summed E-state index contributed by atoms with van der Waals surface area (Å²) in [6, 6.07) is 6.14. The molecule has 98 valence electrons. The summed E-state index contributed by atoms with van der Waals surface area (Å²) in [5.74, 6) is 0. The van der Waals surface area contributed by atoms with Crippen molar-refractivity contribution in [2.75, 3.05) is 5.73 Å². The van der Waals surface area contributed by atoms with E-state index in [1.807, 2.05) is 0 Å². The minimum absolute atomic E-state index is 0.00432. The molecule has 0 saturated carbocycles. The standard InChI is InChI=1S/C11H9ClN4O3/c12-10-9(13)11(17)15(6-14-10)5-7-3-1-2-4-8(7)16(18)19/h1-4,6H,5,13H2. The van der Waals surface area contributed by atoms with Gasteiger partial charge in [-0.25, -0.2) is 4.98 Å². The fourth-order valence-electron chi connectivity index (χ4n) is 1.60. The summed E-state index contributed by atoms with van der Waals surface area (Å²) in [6.45, 7) is 0.00432. The van der Waals surface area contributed by atoms with Crippen molar-refractivity contribution in [3.8, 4) is 0 Å². The second-order valence-corrected chi connectivity index (χ2v) is 4.13. The van der Waals surface area contributed by atoms with Crippen LogP contribution in [0.15, 0.2) is 35.4 Å². The van der Waals surface area contributed by atoms with Crippen molar-refractivity contribution in [1.82, 2.24) is 9.55 Å². The van der Waals surface area contributed by atoms with Crippen LogP contribution in [0.5, 0.6) is 0 Å². The number of aromatic nitrogens is 2. The van der Waals surface area contributed by atoms with Gasteiger partial charge in [0.15, 0.2) is 5.15 Å². The molecular weight excluding hydrogens is 272 g/mol. The van der Waals surface area contributed by atoms with Crippen LogP contribution in [0.4, 0.5) is 11.4 Å². The fourth-order valence-corrected chi connectivity index (χ4v) is 1.73. The van der Waals surface area contributed by atoms with Gasteiger partial charge in [0.25, 0.3) is 11.2 Å². The van der Waals surface area contributed by atoms with Crippen molar-refractivity contribution in [1.29, 1.82) is 0 Å². The molecule has 0 aliphatic heterocycles. The smallest absolute Gasteiger partial charge is 0.278 e. The van der Waals surface area contributed by atoms with Crippen molar-refractivity contribution in [3.05, 3.63) is 61.8 Å². The van der Waals surface area contributed by atoms with E-state index in [4.69, 9.17) is 17.3 Å². The Kier molecular flexibility index (Phi) is 3.48. The highest BCUT2D eigenvalue weighted by molar-refractivity contribution is 6.31. The topological polar surface area (TPSA) is 104 Å². The summed E-state index contributed by atoms with van der Waals surface area (Å²) >= 11 is 5.61. The number of nitro benzene ring substituents is 1. The highest BCUT2D eigenvalue weighted by Crippen LogP contribution is 2.18. The number of nitrogens with two attached hydrogens (primary N) is 1. The number of anilines is 1. The van der Waals surface area contributed by atoms with Crippen LogP contribution in [0.25, 0.3) is 0 Å². The molecule has 0 spiro atoms. The second-order valence-electron chi connectivity index (χ2n) is 3.77. The van der Waals surface area contributed by atoms with E-state index < -0.39 is 10.5 Å². The summed E-state index contributed by atoms with van der Waals surface area (Å²) in [6.07, 6.45) is 1.21. The molecule has 0 bridgehead atoms. The maximum absolute atomic E-state index is 11.8. The van der Waals surface area contributed by atoms with E-state index in [-0.39, 0.29) is 23.1 Å². The van der Waals surface area contributed by atoms with Crippen LogP contribution in [0.2, 0.25) is 5.15 Å². The zero-order chi connectivity index (χ0) is 14.0. The average molecular weight is 281 g/mol. The minimum atomic E-state index is -0.529. The van der Waals surface area contributed by atoms with Gasteiger partial charge < -0.3 is 5.73 Å². The van der Waals surface area contributed by atoms with Crippen LogP contribution >= 0.6 is 11.6 Å². The third kappa shape index (κ3) is 2.55. The van der Waals surface area contributed by atoms with Gasteiger partial charge in [0.2, 0.25) is 0 Å². The molecule has 8 heteroatoms. The molecule has 0 fully saturated rings. The predicted octanol–water partition coefficient (Wildman–Crippen LogP) is 1.44. The SMILES string of the molecule is Nc1c(Cl)ncn(Cc2ccccc2[N+](=O)[O-])c1=O. The highest BCUT2D eigenvalue weighted by atomic mass is 35.5.